The van der Waals surface area contributed by atoms with Gasteiger partial charge in [0.1, 0.15) is 6.04 Å². The lowest BCUT2D eigenvalue weighted by Crippen LogP contribution is -2.41. The molecule has 0 unspecified atom stereocenters. The summed E-state index contributed by atoms with van der Waals surface area (Å²) in [5.41, 5.74) is 0.400. The summed E-state index contributed by atoms with van der Waals surface area (Å²) in [5.74, 6) is -2.86. The van der Waals surface area contributed by atoms with Gasteiger partial charge >= 0.3 is 11.9 Å². The van der Waals surface area contributed by atoms with Gasteiger partial charge in [-0.05, 0) is 12.5 Å². The van der Waals surface area contributed by atoms with Crippen molar-refractivity contribution in [3.8, 4) is 0 Å². The number of fused-ring (bicyclic) bond motifs is 1. The van der Waals surface area contributed by atoms with E-state index in [1.807, 2.05) is 12.1 Å². The fourth-order valence-corrected chi connectivity index (χ4v) is 2.86. The summed E-state index contributed by atoms with van der Waals surface area (Å²) in [6.45, 7) is 0. The number of amides is 1. The van der Waals surface area contributed by atoms with Crippen molar-refractivity contribution >= 4 is 39.3 Å². The van der Waals surface area contributed by atoms with Crippen molar-refractivity contribution in [3.63, 3.8) is 0 Å². The Labute approximate surface area is 124 Å². The highest BCUT2D eigenvalue weighted by Gasteiger charge is 2.22. The maximum Gasteiger partial charge on any atom is 0.326 e. The van der Waals surface area contributed by atoms with Crippen molar-refractivity contribution in [2.24, 2.45) is 0 Å². The van der Waals surface area contributed by atoms with Crippen molar-refractivity contribution in [2.45, 2.75) is 18.9 Å². The van der Waals surface area contributed by atoms with Gasteiger partial charge in [0.15, 0.2) is 0 Å². The van der Waals surface area contributed by atoms with E-state index in [9.17, 15) is 14.4 Å². The Hall–Kier alpha value is -2.41. The Morgan fingerprint density at radius 3 is 2.57 bits per heavy atom. The maximum absolute atomic E-state index is 12.2. The first-order valence-electron chi connectivity index (χ1n) is 6.20. The molecule has 2 aromatic rings. The lowest BCUT2D eigenvalue weighted by atomic mass is 10.1. The monoisotopic (exact) mass is 307 g/mol. The molecule has 0 spiro atoms. The van der Waals surface area contributed by atoms with Gasteiger partial charge in [0.2, 0.25) is 0 Å². The molecule has 0 saturated heterocycles. The fraction of sp³-hybridized carbons (Fsp3) is 0.214. The summed E-state index contributed by atoms with van der Waals surface area (Å²) >= 11 is 1.39. The smallest absolute Gasteiger partial charge is 0.326 e. The molecule has 0 aliphatic heterocycles. The van der Waals surface area contributed by atoms with Gasteiger partial charge in [-0.1, -0.05) is 18.2 Å². The standard InChI is InChI=1S/C14H13NO5S/c16-12(17)6-5-10(14(19)20)15-13(18)9-7-21-11-4-2-1-3-8(9)11/h1-4,7,10H,5-6H2,(H,15,18)(H,16,17)(H,19,20)/t10-/m0/s1. The summed E-state index contributed by atoms with van der Waals surface area (Å²) in [7, 11) is 0. The second-order valence-electron chi connectivity index (χ2n) is 4.44. The third kappa shape index (κ3) is 3.57. The molecular formula is C14H13NO5S. The van der Waals surface area contributed by atoms with Crippen LogP contribution < -0.4 is 5.32 Å². The lowest BCUT2D eigenvalue weighted by Gasteiger charge is -2.13. The van der Waals surface area contributed by atoms with E-state index in [1.165, 1.54) is 11.3 Å². The lowest BCUT2D eigenvalue weighted by molar-refractivity contribution is -0.140. The minimum absolute atomic E-state index is 0.154. The van der Waals surface area contributed by atoms with Gasteiger partial charge in [-0.3, -0.25) is 9.59 Å². The molecule has 0 saturated carbocycles. The van der Waals surface area contributed by atoms with Crippen molar-refractivity contribution < 1.29 is 24.6 Å². The molecule has 0 fully saturated rings. The van der Waals surface area contributed by atoms with Crippen LogP contribution >= 0.6 is 11.3 Å². The Morgan fingerprint density at radius 2 is 1.90 bits per heavy atom. The van der Waals surface area contributed by atoms with Gasteiger partial charge in [0, 0.05) is 21.9 Å². The van der Waals surface area contributed by atoms with E-state index in [0.29, 0.717) is 5.56 Å². The zero-order chi connectivity index (χ0) is 15.4. The van der Waals surface area contributed by atoms with Crippen LogP contribution in [0.3, 0.4) is 0 Å². The molecule has 1 amide bonds. The number of carbonyl (C=O) groups is 3. The molecule has 6 nitrogen and oxygen atoms in total. The Kier molecular flexibility index (Phi) is 4.54. The van der Waals surface area contributed by atoms with Crippen LogP contribution in [0.2, 0.25) is 0 Å². The van der Waals surface area contributed by atoms with E-state index in [-0.39, 0.29) is 12.8 Å². The summed E-state index contributed by atoms with van der Waals surface area (Å²) in [6, 6.07) is 6.09. The molecule has 1 atom stereocenters. The van der Waals surface area contributed by atoms with E-state index in [0.717, 1.165) is 10.1 Å². The summed E-state index contributed by atoms with van der Waals surface area (Å²) in [4.78, 5) is 33.8. The Bertz CT molecular complexity index is 693. The third-order valence-electron chi connectivity index (χ3n) is 2.98. The molecule has 110 valence electrons. The van der Waals surface area contributed by atoms with Crippen LogP contribution in [0.1, 0.15) is 23.2 Å². The molecule has 3 N–H and O–H groups in total. The third-order valence-corrected chi connectivity index (χ3v) is 3.94. The largest absolute Gasteiger partial charge is 0.481 e. The fourth-order valence-electron chi connectivity index (χ4n) is 1.91. The number of carbonyl (C=O) groups excluding carboxylic acids is 1. The second-order valence-corrected chi connectivity index (χ2v) is 5.35. The molecule has 7 heteroatoms. The zero-order valence-electron chi connectivity index (χ0n) is 10.9. The Morgan fingerprint density at radius 1 is 1.19 bits per heavy atom. The molecule has 1 heterocycles. The van der Waals surface area contributed by atoms with Crippen molar-refractivity contribution in [1.29, 1.82) is 0 Å². The van der Waals surface area contributed by atoms with E-state index < -0.39 is 23.9 Å². The van der Waals surface area contributed by atoms with Crippen LogP contribution in [0.25, 0.3) is 10.1 Å². The molecule has 1 aromatic heterocycles. The second kappa shape index (κ2) is 6.36. The predicted molar refractivity (Wildman–Crippen MR) is 77.6 cm³/mol. The number of rotatable bonds is 6. The first kappa shape index (κ1) is 15.0. The van der Waals surface area contributed by atoms with E-state index in [1.54, 1.807) is 17.5 Å². The molecule has 0 aliphatic carbocycles. The summed E-state index contributed by atoms with van der Waals surface area (Å²) in [5, 5.41) is 22.4. The van der Waals surface area contributed by atoms with Crippen LogP contribution in [0.5, 0.6) is 0 Å². The number of aliphatic carboxylic acids is 2. The molecular weight excluding hydrogens is 294 g/mol. The number of hydrogen-bond acceptors (Lipinski definition) is 4. The highest BCUT2D eigenvalue weighted by atomic mass is 32.1. The molecule has 0 radical (unpaired) electrons. The first-order chi connectivity index (χ1) is 9.99. The van der Waals surface area contributed by atoms with E-state index in [4.69, 9.17) is 10.2 Å². The zero-order valence-corrected chi connectivity index (χ0v) is 11.7. The molecule has 0 aliphatic rings. The molecule has 1 aromatic carbocycles. The molecule has 21 heavy (non-hydrogen) atoms. The summed E-state index contributed by atoms with van der Waals surface area (Å²) < 4.78 is 0.931. The van der Waals surface area contributed by atoms with Gasteiger partial charge in [-0.2, -0.15) is 0 Å². The first-order valence-corrected chi connectivity index (χ1v) is 7.08. The van der Waals surface area contributed by atoms with Crippen LogP contribution in [0.4, 0.5) is 0 Å². The van der Waals surface area contributed by atoms with Gasteiger partial charge in [-0.25, -0.2) is 4.79 Å². The van der Waals surface area contributed by atoms with Crippen molar-refractivity contribution in [3.05, 3.63) is 35.2 Å². The molecule has 2 rings (SSSR count). The van der Waals surface area contributed by atoms with Crippen LogP contribution in [0.15, 0.2) is 29.6 Å². The van der Waals surface area contributed by atoms with Gasteiger partial charge < -0.3 is 15.5 Å². The average Bonchev–Trinajstić information content (AvgIpc) is 2.86. The SMILES string of the molecule is O=C(O)CC[C@H](NC(=O)c1csc2ccccc12)C(=O)O. The Balaban J connectivity index is 2.15. The predicted octanol–water partition coefficient (Wildman–Crippen LogP) is 1.95. The van der Waals surface area contributed by atoms with E-state index in [2.05, 4.69) is 5.32 Å². The number of thiophene rings is 1. The molecule has 0 bridgehead atoms. The van der Waals surface area contributed by atoms with E-state index >= 15 is 0 Å². The van der Waals surface area contributed by atoms with Gasteiger partial charge in [-0.15, -0.1) is 11.3 Å². The van der Waals surface area contributed by atoms with Crippen LogP contribution in [-0.4, -0.2) is 34.1 Å². The topological polar surface area (TPSA) is 104 Å². The minimum Gasteiger partial charge on any atom is -0.481 e. The maximum atomic E-state index is 12.2. The van der Waals surface area contributed by atoms with Crippen LogP contribution in [0, 0.1) is 0 Å². The quantitative estimate of drug-likeness (QED) is 0.756. The number of nitrogens with one attached hydrogen (secondary N) is 1. The van der Waals surface area contributed by atoms with Gasteiger partial charge in [0.25, 0.3) is 5.91 Å². The minimum atomic E-state index is -1.25. The van der Waals surface area contributed by atoms with Crippen molar-refractivity contribution in [1.82, 2.24) is 5.32 Å². The highest BCUT2D eigenvalue weighted by Crippen LogP contribution is 2.25. The van der Waals surface area contributed by atoms with Gasteiger partial charge in [0.05, 0.1) is 5.56 Å². The number of benzene rings is 1. The van der Waals surface area contributed by atoms with Crippen molar-refractivity contribution in [2.75, 3.05) is 0 Å². The normalized spacial score (nSPS) is 12.0. The van der Waals surface area contributed by atoms with Crippen LogP contribution in [-0.2, 0) is 9.59 Å². The number of hydrogen-bond donors (Lipinski definition) is 3. The number of carboxylic acid groups (broad SMARTS) is 2. The average molecular weight is 307 g/mol. The highest BCUT2D eigenvalue weighted by molar-refractivity contribution is 7.17. The number of carboxylic acids is 2. The summed E-state index contributed by atoms with van der Waals surface area (Å²) in [6.07, 6.45) is -0.472.